The second-order valence-corrected chi connectivity index (χ2v) is 4.64. The first-order chi connectivity index (χ1) is 7.22. The van der Waals surface area contributed by atoms with Crippen LogP contribution in [0, 0.1) is 11.8 Å². The fourth-order valence-corrected chi connectivity index (χ4v) is 2.35. The van der Waals surface area contributed by atoms with Gasteiger partial charge in [-0.25, -0.2) is 0 Å². The summed E-state index contributed by atoms with van der Waals surface area (Å²) >= 11 is 0. The normalized spacial score (nSPS) is 26.5. The van der Waals surface area contributed by atoms with Crippen LogP contribution in [0.25, 0.3) is 0 Å². The van der Waals surface area contributed by atoms with Gasteiger partial charge in [0, 0.05) is 6.54 Å². The third-order valence-electron chi connectivity index (χ3n) is 3.49. The molecule has 15 heavy (non-hydrogen) atoms. The van der Waals surface area contributed by atoms with Crippen molar-refractivity contribution in [1.82, 2.24) is 5.32 Å². The molecule has 3 nitrogen and oxygen atoms in total. The average molecular weight is 213 g/mol. The maximum Gasteiger partial charge on any atom is 0.304 e. The van der Waals surface area contributed by atoms with Crippen molar-refractivity contribution in [3.63, 3.8) is 0 Å². The van der Waals surface area contributed by atoms with E-state index in [0.29, 0.717) is 6.54 Å². The van der Waals surface area contributed by atoms with Gasteiger partial charge in [0.15, 0.2) is 0 Å². The topological polar surface area (TPSA) is 49.3 Å². The van der Waals surface area contributed by atoms with Crippen molar-refractivity contribution < 1.29 is 9.90 Å². The lowest BCUT2D eigenvalue weighted by Gasteiger charge is -2.27. The second-order valence-electron chi connectivity index (χ2n) is 4.64. The molecule has 1 fully saturated rings. The summed E-state index contributed by atoms with van der Waals surface area (Å²) in [5, 5.41) is 11.7. The number of hydrogen-bond acceptors (Lipinski definition) is 2. The van der Waals surface area contributed by atoms with Crippen molar-refractivity contribution >= 4 is 5.97 Å². The molecule has 0 atom stereocenters. The van der Waals surface area contributed by atoms with Gasteiger partial charge in [0.2, 0.25) is 0 Å². The van der Waals surface area contributed by atoms with E-state index in [4.69, 9.17) is 5.11 Å². The van der Waals surface area contributed by atoms with Crippen molar-refractivity contribution in [3.05, 3.63) is 0 Å². The van der Waals surface area contributed by atoms with Crippen LogP contribution in [-0.4, -0.2) is 24.2 Å². The van der Waals surface area contributed by atoms with Crippen LogP contribution in [0.5, 0.6) is 0 Å². The third-order valence-corrected chi connectivity index (χ3v) is 3.49. The molecule has 2 N–H and O–H groups in total. The fraction of sp³-hybridized carbons (Fsp3) is 0.917. The molecule has 3 heteroatoms. The van der Waals surface area contributed by atoms with E-state index in [9.17, 15) is 4.79 Å². The molecule has 1 rings (SSSR count). The Hall–Kier alpha value is -0.570. The number of rotatable bonds is 6. The van der Waals surface area contributed by atoms with Gasteiger partial charge in [-0.3, -0.25) is 4.79 Å². The van der Waals surface area contributed by atoms with E-state index in [2.05, 4.69) is 12.2 Å². The standard InChI is InChI=1S/C12H23NO2/c1-2-10-3-5-11(6-4-10)9-13-8-7-12(14)15/h10-11,13H,2-9H2,1H3,(H,14,15). The molecule has 1 saturated carbocycles. The zero-order chi connectivity index (χ0) is 11.1. The number of aliphatic carboxylic acids is 1. The lowest BCUT2D eigenvalue weighted by molar-refractivity contribution is -0.136. The van der Waals surface area contributed by atoms with Crippen LogP contribution in [0.2, 0.25) is 0 Å². The summed E-state index contributed by atoms with van der Waals surface area (Å²) in [7, 11) is 0. The van der Waals surface area contributed by atoms with Gasteiger partial charge >= 0.3 is 5.97 Å². The van der Waals surface area contributed by atoms with E-state index in [0.717, 1.165) is 18.4 Å². The van der Waals surface area contributed by atoms with E-state index in [-0.39, 0.29) is 6.42 Å². The molecule has 0 amide bonds. The van der Waals surface area contributed by atoms with Crippen LogP contribution in [-0.2, 0) is 4.79 Å². The van der Waals surface area contributed by atoms with Gasteiger partial charge < -0.3 is 10.4 Å². The number of hydrogen-bond donors (Lipinski definition) is 2. The zero-order valence-corrected chi connectivity index (χ0v) is 9.67. The molecule has 0 aliphatic heterocycles. The third kappa shape index (κ3) is 5.17. The first kappa shape index (κ1) is 12.5. The number of carboxylic acid groups (broad SMARTS) is 1. The van der Waals surface area contributed by atoms with Gasteiger partial charge in [0.05, 0.1) is 6.42 Å². The van der Waals surface area contributed by atoms with Crippen LogP contribution in [0.4, 0.5) is 0 Å². The molecule has 0 aromatic heterocycles. The maximum absolute atomic E-state index is 10.3. The second kappa shape index (κ2) is 6.83. The van der Waals surface area contributed by atoms with Gasteiger partial charge in [0.1, 0.15) is 0 Å². The van der Waals surface area contributed by atoms with Crippen molar-refractivity contribution in [2.45, 2.75) is 45.4 Å². The van der Waals surface area contributed by atoms with Crippen molar-refractivity contribution in [1.29, 1.82) is 0 Å². The Bertz CT molecular complexity index is 186. The van der Waals surface area contributed by atoms with Crippen LogP contribution < -0.4 is 5.32 Å². The molecule has 0 unspecified atom stereocenters. The van der Waals surface area contributed by atoms with Crippen LogP contribution in [0.15, 0.2) is 0 Å². The molecule has 0 aromatic carbocycles. The first-order valence-electron chi connectivity index (χ1n) is 6.14. The van der Waals surface area contributed by atoms with E-state index in [1.54, 1.807) is 0 Å². The van der Waals surface area contributed by atoms with Gasteiger partial charge in [-0.05, 0) is 31.2 Å². The Balaban J connectivity index is 2.01. The molecule has 1 aliphatic rings. The van der Waals surface area contributed by atoms with Crippen molar-refractivity contribution in [2.75, 3.05) is 13.1 Å². The minimum Gasteiger partial charge on any atom is -0.481 e. The van der Waals surface area contributed by atoms with Crippen molar-refractivity contribution in [2.24, 2.45) is 11.8 Å². The molecular weight excluding hydrogens is 190 g/mol. The Morgan fingerprint density at radius 3 is 2.40 bits per heavy atom. The summed E-state index contributed by atoms with van der Waals surface area (Å²) in [5.41, 5.74) is 0. The van der Waals surface area contributed by atoms with Gasteiger partial charge in [-0.2, -0.15) is 0 Å². The van der Waals surface area contributed by atoms with Crippen LogP contribution >= 0.6 is 0 Å². The summed E-state index contributed by atoms with van der Waals surface area (Å²) in [5.74, 6) is 1.01. The highest BCUT2D eigenvalue weighted by Crippen LogP contribution is 2.29. The van der Waals surface area contributed by atoms with Gasteiger partial charge in [-0.1, -0.05) is 26.2 Å². The monoisotopic (exact) mass is 213 g/mol. The first-order valence-corrected chi connectivity index (χ1v) is 6.14. The molecule has 0 bridgehead atoms. The van der Waals surface area contributed by atoms with E-state index < -0.39 is 5.97 Å². The molecular formula is C12H23NO2. The van der Waals surface area contributed by atoms with Crippen molar-refractivity contribution in [3.8, 4) is 0 Å². The number of carboxylic acids is 1. The van der Waals surface area contributed by atoms with Crippen LogP contribution in [0.1, 0.15) is 45.4 Å². The Kier molecular flexibility index (Phi) is 5.69. The smallest absolute Gasteiger partial charge is 0.304 e. The number of nitrogens with one attached hydrogen (secondary N) is 1. The Morgan fingerprint density at radius 1 is 1.27 bits per heavy atom. The molecule has 0 heterocycles. The average Bonchev–Trinajstić information content (AvgIpc) is 2.25. The molecule has 0 saturated heterocycles. The fourth-order valence-electron chi connectivity index (χ4n) is 2.35. The summed E-state index contributed by atoms with van der Waals surface area (Å²) in [6, 6.07) is 0. The lowest BCUT2D eigenvalue weighted by atomic mass is 9.81. The largest absolute Gasteiger partial charge is 0.481 e. The Morgan fingerprint density at radius 2 is 1.87 bits per heavy atom. The SMILES string of the molecule is CCC1CCC(CNCCC(=O)O)CC1. The molecule has 1 aliphatic carbocycles. The van der Waals surface area contributed by atoms with E-state index >= 15 is 0 Å². The van der Waals surface area contributed by atoms with E-state index in [1.807, 2.05) is 0 Å². The van der Waals surface area contributed by atoms with E-state index in [1.165, 1.54) is 32.1 Å². The quantitative estimate of drug-likeness (QED) is 0.665. The zero-order valence-electron chi connectivity index (χ0n) is 9.67. The van der Waals surface area contributed by atoms with Crippen LogP contribution in [0.3, 0.4) is 0 Å². The predicted octanol–water partition coefficient (Wildman–Crippen LogP) is 2.27. The summed E-state index contributed by atoms with van der Waals surface area (Å²) in [4.78, 5) is 10.3. The highest BCUT2D eigenvalue weighted by Gasteiger charge is 2.19. The molecule has 88 valence electrons. The summed E-state index contributed by atoms with van der Waals surface area (Å²) in [6.45, 7) is 3.89. The highest BCUT2D eigenvalue weighted by molar-refractivity contribution is 5.66. The minimum atomic E-state index is -0.711. The highest BCUT2D eigenvalue weighted by atomic mass is 16.4. The summed E-state index contributed by atoms with van der Waals surface area (Å²) < 4.78 is 0. The maximum atomic E-state index is 10.3. The Labute approximate surface area is 92.3 Å². The number of carbonyl (C=O) groups is 1. The molecule has 0 aromatic rings. The van der Waals surface area contributed by atoms with Gasteiger partial charge in [0.25, 0.3) is 0 Å². The molecule has 0 radical (unpaired) electrons. The predicted molar refractivity (Wildman–Crippen MR) is 60.9 cm³/mol. The lowest BCUT2D eigenvalue weighted by Crippen LogP contribution is -2.28. The minimum absolute atomic E-state index is 0.240. The summed E-state index contributed by atoms with van der Waals surface area (Å²) in [6.07, 6.45) is 6.92. The molecule has 0 spiro atoms. The van der Waals surface area contributed by atoms with Gasteiger partial charge in [-0.15, -0.1) is 0 Å².